The van der Waals surface area contributed by atoms with Crippen LogP contribution in [0.1, 0.15) is 23.7 Å². The van der Waals surface area contributed by atoms with Crippen LogP contribution in [0.25, 0.3) is 0 Å². The number of nitrogens with one attached hydrogen (secondary N) is 1. The van der Waals surface area contributed by atoms with Crippen LogP contribution >= 0.6 is 34.4 Å². The predicted octanol–water partition coefficient (Wildman–Crippen LogP) is 3.16. The summed E-state index contributed by atoms with van der Waals surface area (Å²) in [4.78, 5) is 12.0. The van der Waals surface area contributed by atoms with Gasteiger partial charge in [0, 0.05) is 15.4 Å². The number of rotatable bonds is 5. The Labute approximate surface area is 115 Å². The molecule has 0 saturated carbocycles. The summed E-state index contributed by atoms with van der Waals surface area (Å²) in [5.74, 6) is 0.997. The summed E-state index contributed by atoms with van der Waals surface area (Å²) in [6, 6.07) is 7.91. The van der Waals surface area contributed by atoms with Crippen molar-refractivity contribution in [1.29, 1.82) is 0 Å². The van der Waals surface area contributed by atoms with Crippen LogP contribution in [0.15, 0.2) is 24.3 Å². The van der Waals surface area contributed by atoms with Gasteiger partial charge in [-0.2, -0.15) is 11.8 Å². The van der Waals surface area contributed by atoms with E-state index in [4.69, 9.17) is 0 Å². The third-order valence-electron chi connectivity index (χ3n) is 2.31. The lowest BCUT2D eigenvalue weighted by Crippen LogP contribution is -2.36. The molecule has 0 bridgehead atoms. The monoisotopic (exact) mass is 349 g/mol. The van der Waals surface area contributed by atoms with Crippen molar-refractivity contribution in [1.82, 2.24) is 5.32 Å². The molecule has 0 aliphatic rings. The number of carbonyl (C=O) groups is 1. The molecule has 1 atom stereocenters. The zero-order valence-electron chi connectivity index (χ0n) is 9.50. The van der Waals surface area contributed by atoms with Crippen LogP contribution in [-0.4, -0.2) is 24.0 Å². The highest BCUT2D eigenvalue weighted by molar-refractivity contribution is 14.1. The van der Waals surface area contributed by atoms with Crippen molar-refractivity contribution in [2.24, 2.45) is 0 Å². The maximum atomic E-state index is 12.0. The van der Waals surface area contributed by atoms with Gasteiger partial charge in [0.2, 0.25) is 0 Å². The van der Waals surface area contributed by atoms with Crippen LogP contribution in [0, 0.1) is 3.57 Å². The minimum Gasteiger partial charge on any atom is -0.348 e. The van der Waals surface area contributed by atoms with E-state index in [-0.39, 0.29) is 11.9 Å². The number of carbonyl (C=O) groups excluding carboxylic acids is 1. The molecule has 0 saturated heterocycles. The van der Waals surface area contributed by atoms with Gasteiger partial charge < -0.3 is 5.32 Å². The number of halogens is 1. The molecule has 1 rings (SSSR count). The van der Waals surface area contributed by atoms with E-state index in [1.165, 1.54) is 0 Å². The van der Waals surface area contributed by atoms with E-state index in [2.05, 4.69) is 41.1 Å². The average molecular weight is 349 g/mol. The number of benzene rings is 1. The van der Waals surface area contributed by atoms with Crippen LogP contribution < -0.4 is 5.32 Å². The highest BCUT2D eigenvalue weighted by Gasteiger charge is 2.13. The first-order valence-electron chi connectivity index (χ1n) is 5.23. The summed E-state index contributed by atoms with van der Waals surface area (Å²) in [5.41, 5.74) is 0.766. The lowest BCUT2D eigenvalue weighted by molar-refractivity contribution is 0.0939. The molecule has 88 valence electrons. The molecule has 0 aliphatic heterocycles. The summed E-state index contributed by atoms with van der Waals surface area (Å²) in [7, 11) is 0. The van der Waals surface area contributed by atoms with E-state index in [0.717, 1.165) is 21.3 Å². The quantitative estimate of drug-likeness (QED) is 0.828. The fourth-order valence-electron chi connectivity index (χ4n) is 1.37. The van der Waals surface area contributed by atoms with E-state index < -0.39 is 0 Å². The Kier molecular flexibility index (Phi) is 6.20. The third kappa shape index (κ3) is 3.97. The summed E-state index contributed by atoms with van der Waals surface area (Å²) in [6.07, 6.45) is 3.02. The zero-order valence-corrected chi connectivity index (χ0v) is 12.5. The van der Waals surface area contributed by atoms with Gasteiger partial charge >= 0.3 is 0 Å². The Bertz CT molecular complexity index is 357. The summed E-state index contributed by atoms with van der Waals surface area (Å²) in [5, 5.41) is 3.06. The van der Waals surface area contributed by atoms with Crippen LogP contribution in [-0.2, 0) is 0 Å². The first-order chi connectivity index (χ1) is 7.69. The molecule has 0 fully saturated rings. The molecular weight excluding hydrogens is 333 g/mol. The first kappa shape index (κ1) is 13.8. The summed E-state index contributed by atoms with van der Waals surface area (Å²) in [6.45, 7) is 2.09. The first-order valence-corrected chi connectivity index (χ1v) is 7.70. The van der Waals surface area contributed by atoms with Crippen molar-refractivity contribution >= 4 is 40.3 Å². The molecule has 1 unspecified atom stereocenters. The van der Waals surface area contributed by atoms with Crippen molar-refractivity contribution in [2.45, 2.75) is 19.4 Å². The van der Waals surface area contributed by atoms with Gasteiger partial charge in [0.05, 0.1) is 5.56 Å². The molecule has 1 aromatic rings. The minimum atomic E-state index is 0.0332. The lowest BCUT2D eigenvalue weighted by Gasteiger charge is -2.16. The molecule has 0 aromatic heterocycles. The van der Waals surface area contributed by atoms with Gasteiger partial charge in [-0.15, -0.1) is 0 Å². The Hall–Kier alpha value is -0.230. The molecule has 1 aromatic carbocycles. The van der Waals surface area contributed by atoms with E-state index in [9.17, 15) is 4.79 Å². The van der Waals surface area contributed by atoms with E-state index >= 15 is 0 Å². The molecule has 0 heterocycles. The minimum absolute atomic E-state index is 0.0332. The fourth-order valence-corrected chi connectivity index (χ4v) is 2.73. The Morgan fingerprint density at radius 3 is 2.75 bits per heavy atom. The highest BCUT2D eigenvalue weighted by Crippen LogP contribution is 2.12. The second kappa shape index (κ2) is 7.17. The lowest BCUT2D eigenvalue weighted by atomic mass is 10.2. The van der Waals surface area contributed by atoms with E-state index in [1.807, 2.05) is 24.3 Å². The molecule has 0 aliphatic carbocycles. The van der Waals surface area contributed by atoms with Gasteiger partial charge in [-0.25, -0.2) is 0 Å². The van der Waals surface area contributed by atoms with E-state index in [0.29, 0.717) is 0 Å². The molecule has 0 radical (unpaired) electrons. The van der Waals surface area contributed by atoms with Crippen molar-refractivity contribution in [2.75, 3.05) is 12.0 Å². The largest absolute Gasteiger partial charge is 0.348 e. The van der Waals surface area contributed by atoms with Crippen molar-refractivity contribution in [3.05, 3.63) is 33.4 Å². The normalized spacial score (nSPS) is 12.2. The van der Waals surface area contributed by atoms with Gasteiger partial charge in [0.25, 0.3) is 5.91 Å². The molecule has 1 amide bonds. The topological polar surface area (TPSA) is 29.1 Å². The number of hydrogen-bond acceptors (Lipinski definition) is 2. The predicted molar refractivity (Wildman–Crippen MR) is 79.1 cm³/mol. The Morgan fingerprint density at radius 1 is 1.50 bits per heavy atom. The zero-order chi connectivity index (χ0) is 12.0. The van der Waals surface area contributed by atoms with Crippen LogP contribution in [0.4, 0.5) is 0 Å². The molecule has 1 N–H and O–H groups in total. The standard InChI is InChI=1S/C12H16INOS/c1-3-9(8-16-2)14-12(15)10-6-4-5-7-11(10)13/h4-7,9H,3,8H2,1-2H3,(H,14,15). The molecule has 0 spiro atoms. The molecular formula is C12H16INOS. The molecule has 16 heavy (non-hydrogen) atoms. The van der Waals surface area contributed by atoms with Crippen LogP contribution in [0.5, 0.6) is 0 Å². The van der Waals surface area contributed by atoms with Crippen LogP contribution in [0.2, 0.25) is 0 Å². The molecule has 2 nitrogen and oxygen atoms in total. The van der Waals surface area contributed by atoms with Gasteiger partial charge in [-0.1, -0.05) is 19.1 Å². The van der Waals surface area contributed by atoms with Crippen LogP contribution in [0.3, 0.4) is 0 Å². The fraction of sp³-hybridized carbons (Fsp3) is 0.417. The highest BCUT2D eigenvalue weighted by atomic mass is 127. The van der Waals surface area contributed by atoms with Crippen molar-refractivity contribution in [3.8, 4) is 0 Å². The number of amides is 1. The number of hydrogen-bond donors (Lipinski definition) is 1. The third-order valence-corrected chi connectivity index (χ3v) is 3.99. The Morgan fingerprint density at radius 2 is 2.19 bits per heavy atom. The smallest absolute Gasteiger partial charge is 0.252 e. The summed E-state index contributed by atoms with van der Waals surface area (Å²) >= 11 is 3.95. The second-order valence-electron chi connectivity index (χ2n) is 3.51. The van der Waals surface area contributed by atoms with Gasteiger partial charge in [-0.3, -0.25) is 4.79 Å². The average Bonchev–Trinajstić information content (AvgIpc) is 2.28. The molecule has 4 heteroatoms. The van der Waals surface area contributed by atoms with Gasteiger partial charge in [0.15, 0.2) is 0 Å². The van der Waals surface area contributed by atoms with Gasteiger partial charge in [0.1, 0.15) is 0 Å². The SMILES string of the molecule is CCC(CSC)NC(=O)c1ccccc1I. The Balaban J connectivity index is 2.68. The maximum Gasteiger partial charge on any atom is 0.252 e. The maximum absolute atomic E-state index is 12.0. The second-order valence-corrected chi connectivity index (χ2v) is 5.59. The van der Waals surface area contributed by atoms with E-state index in [1.54, 1.807) is 11.8 Å². The van der Waals surface area contributed by atoms with Crippen molar-refractivity contribution in [3.63, 3.8) is 0 Å². The van der Waals surface area contributed by atoms with Crippen molar-refractivity contribution < 1.29 is 4.79 Å². The summed E-state index contributed by atoms with van der Waals surface area (Å²) < 4.78 is 0.997. The van der Waals surface area contributed by atoms with Gasteiger partial charge in [-0.05, 0) is 47.4 Å². The number of thioether (sulfide) groups is 1.